The molecule has 2 heterocycles. The van der Waals surface area contributed by atoms with E-state index < -0.39 is 0 Å². The number of rotatable bonds is 2. The Morgan fingerprint density at radius 1 is 1.17 bits per heavy atom. The zero-order valence-corrected chi connectivity index (χ0v) is 7.33. The molecule has 3 fully saturated rings. The number of carbonyl (C=O) groups is 1. The maximum Gasteiger partial charge on any atom is 0.140 e. The van der Waals surface area contributed by atoms with Crippen LogP contribution in [0.1, 0.15) is 19.3 Å². The molecule has 0 amide bonds. The molecule has 0 N–H and O–H groups in total. The lowest BCUT2D eigenvalue weighted by Gasteiger charge is -2.20. The molecule has 0 aromatic rings. The molecule has 0 spiro atoms. The molecular weight excluding hydrogens is 150 g/mol. The number of fused-ring (bicyclic) bond motifs is 2. The summed E-state index contributed by atoms with van der Waals surface area (Å²) in [6.45, 7) is 3.54. The van der Waals surface area contributed by atoms with Crippen molar-refractivity contribution in [3.05, 3.63) is 0 Å². The highest BCUT2D eigenvalue weighted by Crippen LogP contribution is 2.40. The first kappa shape index (κ1) is 7.07. The van der Waals surface area contributed by atoms with Gasteiger partial charge in [0.15, 0.2) is 0 Å². The third kappa shape index (κ3) is 0.939. The SMILES string of the molecule is O=C(C1CC1)C1CN2CCC1C2. The second-order valence-corrected chi connectivity index (χ2v) is 4.59. The van der Waals surface area contributed by atoms with E-state index in [1.54, 1.807) is 0 Å². The standard InChI is InChI=1S/C10H15NO/c12-10(7-1-2-7)9-6-11-4-3-8(9)5-11/h7-9H,1-6H2. The predicted molar refractivity (Wildman–Crippen MR) is 45.8 cm³/mol. The van der Waals surface area contributed by atoms with E-state index in [-0.39, 0.29) is 0 Å². The summed E-state index contributed by atoms with van der Waals surface area (Å²) < 4.78 is 0. The van der Waals surface area contributed by atoms with Crippen LogP contribution in [0.5, 0.6) is 0 Å². The number of piperidine rings is 1. The van der Waals surface area contributed by atoms with Gasteiger partial charge in [0, 0.05) is 24.9 Å². The quantitative estimate of drug-likeness (QED) is 0.606. The molecule has 0 aromatic heterocycles. The van der Waals surface area contributed by atoms with Crippen molar-refractivity contribution in [2.24, 2.45) is 17.8 Å². The Balaban J connectivity index is 1.73. The van der Waals surface area contributed by atoms with Crippen LogP contribution in [0.4, 0.5) is 0 Å². The molecule has 2 bridgehead atoms. The van der Waals surface area contributed by atoms with Crippen molar-refractivity contribution in [2.45, 2.75) is 19.3 Å². The molecule has 3 aliphatic rings. The lowest BCUT2D eigenvalue weighted by molar-refractivity contribution is -0.125. The van der Waals surface area contributed by atoms with E-state index in [2.05, 4.69) is 4.90 Å². The van der Waals surface area contributed by atoms with Crippen molar-refractivity contribution in [1.82, 2.24) is 4.90 Å². The van der Waals surface area contributed by atoms with Gasteiger partial charge >= 0.3 is 0 Å². The van der Waals surface area contributed by atoms with E-state index in [0.29, 0.717) is 17.6 Å². The lowest BCUT2D eigenvalue weighted by Crippen LogP contribution is -2.30. The van der Waals surface area contributed by atoms with Crippen LogP contribution in [-0.4, -0.2) is 30.3 Å². The fraction of sp³-hybridized carbons (Fsp3) is 0.900. The van der Waals surface area contributed by atoms with E-state index in [1.165, 1.54) is 32.4 Å². The van der Waals surface area contributed by atoms with E-state index in [1.807, 2.05) is 0 Å². The molecule has 0 aromatic carbocycles. The van der Waals surface area contributed by atoms with Crippen molar-refractivity contribution in [3.8, 4) is 0 Å². The Kier molecular flexibility index (Phi) is 1.37. The summed E-state index contributed by atoms with van der Waals surface area (Å²) in [5.74, 6) is 2.25. The van der Waals surface area contributed by atoms with Gasteiger partial charge in [-0.05, 0) is 31.7 Å². The minimum atomic E-state index is 0.436. The first-order valence-corrected chi connectivity index (χ1v) is 5.10. The smallest absolute Gasteiger partial charge is 0.140 e. The molecule has 3 atom stereocenters. The molecule has 0 radical (unpaired) electrons. The lowest BCUT2D eigenvalue weighted by atomic mass is 9.87. The van der Waals surface area contributed by atoms with Gasteiger partial charge in [0.05, 0.1) is 0 Å². The van der Waals surface area contributed by atoms with Crippen LogP contribution in [0.15, 0.2) is 0 Å². The second kappa shape index (κ2) is 2.32. The Labute approximate surface area is 72.9 Å². The van der Waals surface area contributed by atoms with Crippen molar-refractivity contribution in [1.29, 1.82) is 0 Å². The maximum atomic E-state index is 11.8. The van der Waals surface area contributed by atoms with Gasteiger partial charge in [-0.3, -0.25) is 4.79 Å². The number of ketones is 1. The van der Waals surface area contributed by atoms with Gasteiger partial charge in [0.25, 0.3) is 0 Å². The number of hydrogen-bond donors (Lipinski definition) is 0. The highest BCUT2D eigenvalue weighted by atomic mass is 16.1. The Bertz CT molecular complexity index is 222. The normalized spacial score (nSPS) is 45.2. The van der Waals surface area contributed by atoms with Gasteiger partial charge in [-0.15, -0.1) is 0 Å². The van der Waals surface area contributed by atoms with Crippen LogP contribution >= 0.6 is 0 Å². The predicted octanol–water partition coefficient (Wildman–Crippen LogP) is 0.917. The highest BCUT2D eigenvalue weighted by molar-refractivity contribution is 5.86. The minimum Gasteiger partial charge on any atom is -0.302 e. The molecule has 2 saturated heterocycles. The van der Waals surface area contributed by atoms with Crippen LogP contribution < -0.4 is 0 Å². The van der Waals surface area contributed by atoms with Gasteiger partial charge in [0.2, 0.25) is 0 Å². The summed E-state index contributed by atoms with van der Waals surface area (Å²) in [7, 11) is 0. The first-order valence-electron chi connectivity index (χ1n) is 5.10. The molecule has 66 valence electrons. The van der Waals surface area contributed by atoms with Crippen LogP contribution in [0, 0.1) is 17.8 Å². The number of carbonyl (C=O) groups excluding carboxylic acids is 1. The molecule has 1 saturated carbocycles. The number of hydrogen-bond acceptors (Lipinski definition) is 2. The molecular formula is C10H15NO. The van der Waals surface area contributed by atoms with Crippen molar-refractivity contribution >= 4 is 5.78 Å². The van der Waals surface area contributed by atoms with Crippen LogP contribution in [0.3, 0.4) is 0 Å². The zero-order valence-electron chi connectivity index (χ0n) is 7.33. The largest absolute Gasteiger partial charge is 0.302 e. The fourth-order valence-electron chi connectivity index (χ4n) is 2.78. The van der Waals surface area contributed by atoms with E-state index >= 15 is 0 Å². The third-order valence-electron chi connectivity index (χ3n) is 3.68. The fourth-order valence-corrected chi connectivity index (χ4v) is 2.78. The van der Waals surface area contributed by atoms with E-state index in [0.717, 1.165) is 12.5 Å². The molecule has 3 rings (SSSR count). The van der Waals surface area contributed by atoms with Crippen LogP contribution in [0.2, 0.25) is 0 Å². The summed E-state index contributed by atoms with van der Waals surface area (Å²) in [6, 6.07) is 0. The van der Waals surface area contributed by atoms with Crippen molar-refractivity contribution in [2.75, 3.05) is 19.6 Å². The molecule has 3 unspecified atom stereocenters. The van der Waals surface area contributed by atoms with E-state index in [4.69, 9.17) is 0 Å². The van der Waals surface area contributed by atoms with Gasteiger partial charge < -0.3 is 4.90 Å². The van der Waals surface area contributed by atoms with Gasteiger partial charge in [0.1, 0.15) is 5.78 Å². The van der Waals surface area contributed by atoms with Gasteiger partial charge in [-0.1, -0.05) is 0 Å². The average Bonchev–Trinajstić information content (AvgIpc) is 2.73. The Hall–Kier alpha value is -0.370. The summed E-state index contributed by atoms with van der Waals surface area (Å²) in [5, 5.41) is 0. The highest BCUT2D eigenvalue weighted by Gasteiger charge is 2.45. The minimum absolute atomic E-state index is 0.436. The molecule has 1 aliphatic carbocycles. The number of nitrogens with zero attached hydrogens (tertiary/aromatic N) is 1. The Morgan fingerprint density at radius 3 is 2.50 bits per heavy atom. The molecule has 12 heavy (non-hydrogen) atoms. The number of Topliss-reactive ketones (excluding diaryl/α,β-unsaturated/α-hetero) is 1. The molecule has 2 heteroatoms. The topological polar surface area (TPSA) is 20.3 Å². The molecule has 2 nitrogen and oxygen atoms in total. The van der Waals surface area contributed by atoms with E-state index in [9.17, 15) is 4.79 Å². The summed E-state index contributed by atoms with van der Waals surface area (Å²) in [5.41, 5.74) is 0. The second-order valence-electron chi connectivity index (χ2n) is 4.59. The maximum absolute atomic E-state index is 11.8. The third-order valence-corrected chi connectivity index (χ3v) is 3.68. The first-order chi connectivity index (χ1) is 5.84. The monoisotopic (exact) mass is 165 g/mol. The van der Waals surface area contributed by atoms with Crippen LogP contribution in [0.25, 0.3) is 0 Å². The Morgan fingerprint density at radius 2 is 2.00 bits per heavy atom. The van der Waals surface area contributed by atoms with Gasteiger partial charge in [-0.2, -0.15) is 0 Å². The van der Waals surface area contributed by atoms with Crippen LogP contribution in [-0.2, 0) is 4.79 Å². The summed E-state index contributed by atoms with van der Waals surface area (Å²) in [4.78, 5) is 14.2. The average molecular weight is 165 g/mol. The van der Waals surface area contributed by atoms with Crippen molar-refractivity contribution < 1.29 is 4.79 Å². The summed E-state index contributed by atoms with van der Waals surface area (Å²) in [6.07, 6.45) is 3.65. The summed E-state index contributed by atoms with van der Waals surface area (Å²) >= 11 is 0. The van der Waals surface area contributed by atoms with Crippen molar-refractivity contribution in [3.63, 3.8) is 0 Å². The molecule has 2 aliphatic heterocycles. The van der Waals surface area contributed by atoms with Gasteiger partial charge in [-0.25, -0.2) is 0 Å². The zero-order chi connectivity index (χ0) is 8.13.